The summed E-state index contributed by atoms with van der Waals surface area (Å²) < 4.78 is 0. The van der Waals surface area contributed by atoms with E-state index in [9.17, 15) is 0 Å². The number of aromatic nitrogens is 2. The highest BCUT2D eigenvalue weighted by molar-refractivity contribution is 5.49. The van der Waals surface area contributed by atoms with E-state index in [0.29, 0.717) is 0 Å². The van der Waals surface area contributed by atoms with Crippen LogP contribution in [0.1, 0.15) is 16.8 Å². The van der Waals surface area contributed by atoms with E-state index < -0.39 is 0 Å². The average molecular weight is 374 g/mol. The Balaban J connectivity index is 1.40. The van der Waals surface area contributed by atoms with Gasteiger partial charge in [-0.25, -0.2) is 4.98 Å². The molecule has 1 aliphatic heterocycles. The first-order valence-electron chi connectivity index (χ1n) is 9.87. The molecule has 0 spiro atoms. The third kappa shape index (κ3) is 4.42. The van der Waals surface area contributed by atoms with Crippen LogP contribution < -0.4 is 15.1 Å². The van der Waals surface area contributed by atoms with Gasteiger partial charge in [0, 0.05) is 50.2 Å². The number of nitrogens with one attached hydrogen (secondary N) is 1. The fourth-order valence-corrected chi connectivity index (χ4v) is 3.49. The van der Waals surface area contributed by atoms with Gasteiger partial charge in [0.2, 0.25) is 5.95 Å². The van der Waals surface area contributed by atoms with Crippen molar-refractivity contribution >= 4 is 17.5 Å². The van der Waals surface area contributed by atoms with E-state index >= 15 is 0 Å². The molecule has 0 atom stereocenters. The molecular formula is C23H27N5. The SMILES string of the molecule is Cc1ccc(CNc2cc(C)nc(N3CCN(c4ccccc4)CC3)n2)cc1. The zero-order chi connectivity index (χ0) is 19.3. The van der Waals surface area contributed by atoms with Crippen LogP contribution in [0, 0.1) is 13.8 Å². The van der Waals surface area contributed by atoms with Gasteiger partial charge in [0.1, 0.15) is 5.82 Å². The molecule has 0 unspecified atom stereocenters. The third-order valence-electron chi connectivity index (χ3n) is 5.12. The number of hydrogen-bond donors (Lipinski definition) is 1. The van der Waals surface area contributed by atoms with Crippen LogP contribution >= 0.6 is 0 Å². The van der Waals surface area contributed by atoms with Crippen LogP contribution in [-0.4, -0.2) is 36.1 Å². The summed E-state index contributed by atoms with van der Waals surface area (Å²) in [5, 5.41) is 3.45. The summed E-state index contributed by atoms with van der Waals surface area (Å²) in [7, 11) is 0. The van der Waals surface area contributed by atoms with Gasteiger partial charge in [-0.3, -0.25) is 0 Å². The molecule has 0 bridgehead atoms. The maximum atomic E-state index is 4.77. The standard InChI is InChI=1S/C23H27N5/c1-18-8-10-20(11-9-18)17-24-22-16-19(2)25-23(26-22)28-14-12-27(13-15-28)21-6-4-3-5-7-21/h3-11,16H,12-15,17H2,1-2H3,(H,24,25,26). The van der Waals surface area contributed by atoms with E-state index in [-0.39, 0.29) is 0 Å². The average Bonchev–Trinajstić information content (AvgIpc) is 2.74. The molecule has 1 N–H and O–H groups in total. The smallest absolute Gasteiger partial charge is 0.227 e. The molecule has 4 rings (SSSR count). The number of para-hydroxylation sites is 1. The highest BCUT2D eigenvalue weighted by Gasteiger charge is 2.19. The minimum absolute atomic E-state index is 0.762. The van der Waals surface area contributed by atoms with Crippen LogP contribution in [0.15, 0.2) is 60.7 Å². The highest BCUT2D eigenvalue weighted by atomic mass is 15.3. The second kappa shape index (κ2) is 8.30. The summed E-state index contributed by atoms with van der Waals surface area (Å²) >= 11 is 0. The molecule has 2 aromatic carbocycles. The summed E-state index contributed by atoms with van der Waals surface area (Å²) in [6.45, 7) is 8.71. The van der Waals surface area contributed by atoms with Crippen molar-refractivity contribution in [1.29, 1.82) is 0 Å². The molecule has 1 fully saturated rings. The number of piperazine rings is 1. The first-order chi connectivity index (χ1) is 13.7. The fraction of sp³-hybridized carbons (Fsp3) is 0.304. The Morgan fingerprint density at radius 2 is 1.50 bits per heavy atom. The van der Waals surface area contributed by atoms with Crippen LogP contribution in [-0.2, 0) is 6.54 Å². The molecule has 1 saturated heterocycles. The first-order valence-corrected chi connectivity index (χ1v) is 9.87. The summed E-state index contributed by atoms with van der Waals surface area (Å²) in [5.74, 6) is 1.70. The largest absolute Gasteiger partial charge is 0.368 e. The summed E-state index contributed by atoms with van der Waals surface area (Å²) in [4.78, 5) is 14.2. The fourth-order valence-electron chi connectivity index (χ4n) is 3.49. The van der Waals surface area contributed by atoms with Gasteiger partial charge in [-0.05, 0) is 31.5 Å². The van der Waals surface area contributed by atoms with Crippen LogP contribution in [0.2, 0.25) is 0 Å². The zero-order valence-electron chi connectivity index (χ0n) is 16.6. The third-order valence-corrected chi connectivity index (χ3v) is 5.12. The Morgan fingerprint density at radius 1 is 0.821 bits per heavy atom. The lowest BCUT2D eigenvalue weighted by molar-refractivity contribution is 0.639. The van der Waals surface area contributed by atoms with Crippen molar-refractivity contribution in [3.63, 3.8) is 0 Å². The molecule has 28 heavy (non-hydrogen) atoms. The lowest BCUT2D eigenvalue weighted by atomic mass is 10.1. The van der Waals surface area contributed by atoms with E-state index in [1.807, 2.05) is 13.0 Å². The number of aryl methyl sites for hydroxylation is 2. The van der Waals surface area contributed by atoms with E-state index in [1.165, 1.54) is 16.8 Å². The van der Waals surface area contributed by atoms with Crippen molar-refractivity contribution in [2.75, 3.05) is 41.3 Å². The molecule has 0 amide bonds. The molecular weight excluding hydrogens is 346 g/mol. The quantitative estimate of drug-likeness (QED) is 0.731. The van der Waals surface area contributed by atoms with Gasteiger partial charge in [-0.15, -0.1) is 0 Å². The van der Waals surface area contributed by atoms with E-state index in [1.54, 1.807) is 0 Å². The number of hydrogen-bond acceptors (Lipinski definition) is 5. The highest BCUT2D eigenvalue weighted by Crippen LogP contribution is 2.20. The van der Waals surface area contributed by atoms with E-state index in [2.05, 4.69) is 81.6 Å². The molecule has 3 aromatic rings. The molecule has 0 aliphatic carbocycles. The second-order valence-corrected chi connectivity index (χ2v) is 7.34. The van der Waals surface area contributed by atoms with Gasteiger partial charge < -0.3 is 15.1 Å². The second-order valence-electron chi connectivity index (χ2n) is 7.34. The number of benzene rings is 2. The van der Waals surface area contributed by atoms with Crippen LogP contribution in [0.5, 0.6) is 0 Å². The Kier molecular flexibility index (Phi) is 5.42. The van der Waals surface area contributed by atoms with Gasteiger partial charge in [0.25, 0.3) is 0 Å². The van der Waals surface area contributed by atoms with E-state index in [4.69, 9.17) is 4.98 Å². The van der Waals surface area contributed by atoms with Crippen LogP contribution in [0.3, 0.4) is 0 Å². The number of nitrogens with zero attached hydrogens (tertiary/aromatic N) is 4. The maximum absolute atomic E-state index is 4.77. The van der Waals surface area contributed by atoms with Gasteiger partial charge in [0.05, 0.1) is 0 Å². The number of rotatable bonds is 5. The van der Waals surface area contributed by atoms with Gasteiger partial charge >= 0.3 is 0 Å². The number of anilines is 3. The Morgan fingerprint density at radius 3 is 2.21 bits per heavy atom. The lowest BCUT2D eigenvalue weighted by Crippen LogP contribution is -2.47. The molecule has 1 aliphatic rings. The molecule has 5 heteroatoms. The minimum Gasteiger partial charge on any atom is -0.368 e. The zero-order valence-corrected chi connectivity index (χ0v) is 16.6. The Hall–Kier alpha value is -3.08. The van der Waals surface area contributed by atoms with Crippen molar-refractivity contribution in [2.24, 2.45) is 0 Å². The minimum atomic E-state index is 0.762. The molecule has 5 nitrogen and oxygen atoms in total. The Bertz CT molecular complexity index is 900. The normalized spacial score (nSPS) is 14.2. The van der Waals surface area contributed by atoms with Crippen molar-refractivity contribution in [3.8, 4) is 0 Å². The first kappa shape index (κ1) is 18.3. The van der Waals surface area contributed by atoms with Crippen molar-refractivity contribution in [2.45, 2.75) is 20.4 Å². The van der Waals surface area contributed by atoms with Crippen molar-refractivity contribution in [3.05, 3.63) is 77.5 Å². The summed E-state index contributed by atoms with van der Waals surface area (Å²) in [6, 6.07) is 21.2. The summed E-state index contributed by atoms with van der Waals surface area (Å²) in [5.41, 5.74) is 4.80. The van der Waals surface area contributed by atoms with Crippen molar-refractivity contribution in [1.82, 2.24) is 9.97 Å². The van der Waals surface area contributed by atoms with Crippen LogP contribution in [0.4, 0.5) is 17.5 Å². The molecule has 1 aromatic heterocycles. The summed E-state index contributed by atoms with van der Waals surface area (Å²) in [6.07, 6.45) is 0. The van der Waals surface area contributed by atoms with Crippen LogP contribution in [0.25, 0.3) is 0 Å². The van der Waals surface area contributed by atoms with Gasteiger partial charge in [0.15, 0.2) is 0 Å². The topological polar surface area (TPSA) is 44.3 Å². The molecule has 2 heterocycles. The maximum Gasteiger partial charge on any atom is 0.227 e. The predicted octanol–water partition coefficient (Wildman–Crippen LogP) is 4.03. The molecule has 0 radical (unpaired) electrons. The van der Waals surface area contributed by atoms with Gasteiger partial charge in [-0.2, -0.15) is 4.98 Å². The molecule has 0 saturated carbocycles. The monoisotopic (exact) mass is 373 g/mol. The predicted molar refractivity (Wildman–Crippen MR) is 116 cm³/mol. The Labute approximate surface area is 167 Å². The molecule has 144 valence electrons. The van der Waals surface area contributed by atoms with E-state index in [0.717, 1.165) is 50.2 Å². The van der Waals surface area contributed by atoms with Gasteiger partial charge in [-0.1, -0.05) is 48.0 Å². The lowest BCUT2D eigenvalue weighted by Gasteiger charge is -2.36. The van der Waals surface area contributed by atoms with Crippen molar-refractivity contribution < 1.29 is 0 Å².